The van der Waals surface area contributed by atoms with Crippen molar-refractivity contribution in [1.29, 1.82) is 0 Å². The van der Waals surface area contributed by atoms with Crippen LogP contribution in [0.4, 0.5) is 5.69 Å². The van der Waals surface area contributed by atoms with Gasteiger partial charge in [0, 0.05) is 6.07 Å². The van der Waals surface area contributed by atoms with Crippen molar-refractivity contribution < 1.29 is 14.2 Å². The van der Waals surface area contributed by atoms with E-state index in [9.17, 15) is 10.1 Å². The van der Waals surface area contributed by atoms with Gasteiger partial charge in [0.1, 0.15) is 11.3 Å². The van der Waals surface area contributed by atoms with Gasteiger partial charge < -0.3 is 15.0 Å². The summed E-state index contributed by atoms with van der Waals surface area (Å²) < 4.78 is 10.3. The van der Waals surface area contributed by atoms with Crippen molar-refractivity contribution in [2.45, 2.75) is 31.2 Å². The molecule has 0 bridgehead atoms. The van der Waals surface area contributed by atoms with Gasteiger partial charge in [0.15, 0.2) is 5.82 Å². The maximum Gasteiger partial charge on any atom is 0.282 e. The van der Waals surface area contributed by atoms with Crippen LogP contribution in [0.25, 0.3) is 11.5 Å². The third-order valence-corrected chi connectivity index (χ3v) is 4.00. The number of nitrogens with two attached hydrogens (primary N) is 1. The molecule has 0 unspecified atom stereocenters. The van der Waals surface area contributed by atoms with E-state index in [1.165, 1.54) is 25.3 Å². The minimum absolute atomic E-state index is 0.0809. The second kappa shape index (κ2) is 5.38. The highest BCUT2D eigenvalue weighted by molar-refractivity contribution is 5.68. The lowest BCUT2D eigenvalue weighted by molar-refractivity contribution is -0.384. The fourth-order valence-corrected chi connectivity index (χ4v) is 2.74. The van der Waals surface area contributed by atoms with Crippen LogP contribution < -0.4 is 10.5 Å². The fraction of sp³-hybridized carbons (Fsp3) is 0.429. The zero-order valence-electron chi connectivity index (χ0n) is 12.1. The van der Waals surface area contributed by atoms with E-state index < -0.39 is 10.5 Å². The third kappa shape index (κ3) is 2.41. The highest BCUT2D eigenvalue weighted by Gasteiger charge is 2.36. The van der Waals surface area contributed by atoms with Crippen LogP contribution in [0.3, 0.4) is 0 Å². The van der Waals surface area contributed by atoms with E-state index in [-0.39, 0.29) is 17.1 Å². The van der Waals surface area contributed by atoms with Crippen LogP contribution in [0.5, 0.6) is 5.75 Å². The molecular formula is C14H16N4O4. The Hall–Kier alpha value is -2.48. The highest BCUT2D eigenvalue weighted by Crippen LogP contribution is 2.37. The van der Waals surface area contributed by atoms with Gasteiger partial charge in [0.05, 0.1) is 17.6 Å². The number of nitro benzene ring substituents is 1. The normalized spacial score (nSPS) is 16.6. The summed E-state index contributed by atoms with van der Waals surface area (Å²) in [6.07, 6.45) is 3.59. The molecule has 8 nitrogen and oxygen atoms in total. The number of ether oxygens (including phenoxy) is 1. The first kappa shape index (κ1) is 14.5. The minimum Gasteiger partial charge on any atom is -0.497 e. The predicted molar refractivity (Wildman–Crippen MR) is 77.3 cm³/mol. The minimum atomic E-state index is -0.602. The smallest absolute Gasteiger partial charge is 0.282 e. The van der Waals surface area contributed by atoms with Crippen molar-refractivity contribution in [2.24, 2.45) is 5.73 Å². The molecule has 0 saturated heterocycles. The molecule has 1 heterocycles. The van der Waals surface area contributed by atoms with Crippen molar-refractivity contribution in [1.82, 2.24) is 10.1 Å². The van der Waals surface area contributed by atoms with Crippen molar-refractivity contribution in [3.05, 3.63) is 34.1 Å². The second-order valence-corrected chi connectivity index (χ2v) is 5.43. The Labute approximate surface area is 126 Å². The van der Waals surface area contributed by atoms with Crippen molar-refractivity contribution in [2.75, 3.05) is 7.11 Å². The molecule has 0 atom stereocenters. The van der Waals surface area contributed by atoms with Crippen LogP contribution >= 0.6 is 0 Å². The van der Waals surface area contributed by atoms with E-state index in [0.717, 1.165) is 25.7 Å². The summed E-state index contributed by atoms with van der Waals surface area (Å²) >= 11 is 0. The van der Waals surface area contributed by atoms with Crippen LogP contribution in [0, 0.1) is 10.1 Å². The molecule has 1 aliphatic carbocycles. The van der Waals surface area contributed by atoms with Gasteiger partial charge in [0.2, 0.25) is 0 Å². The molecule has 0 aliphatic heterocycles. The molecule has 8 heteroatoms. The first-order valence-electron chi connectivity index (χ1n) is 6.99. The Morgan fingerprint density at radius 1 is 1.41 bits per heavy atom. The number of methoxy groups -OCH3 is 1. The zero-order valence-corrected chi connectivity index (χ0v) is 12.1. The largest absolute Gasteiger partial charge is 0.497 e. The van der Waals surface area contributed by atoms with Gasteiger partial charge in [-0.2, -0.15) is 4.98 Å². The fourth-order valence-electron chi connectivity index (χ4n) is 2.74. The standard InChI is InChI=1S/C14H16N4O4/c1-21-9-4-5-11(18(19)20)10(8-9)12-16-13(17-22-12)14(15)6-2-3-7-14/h4-5,8H,2-3,6-7,15H2,1H3. The monoisotopic (exact) mass is 304 g/mol. The molecule has 0 amide bonds. The number of hydrogen-bond acceptors (Lipinski definition) is 7. The average molecular weight is 304 g/mol. The lowest BCUT2D eigenvalue weighted by Crippen LogP contribution is -2.34. The Kier molecular flexibility index (Phi) is 3.53. The number of nitrogens with zero attached hydrogens (tertiary/aromatic N) is 3. The van der Waals surface area contributed by atoms with Crippen molar-refractivity contribution in [3.8, 4) is 17.2 Å². The lowest BCUT2D eigenvalue weighted by Gasteiger charge is -2.17. The third-order valence-electron chi connectivity index (χ3n) is 4.00. The van der Waals surface area contributed by atoms with E-state index in [1.807, 2.05) is 0 Å². The molecule has 0 spiro atoms. The summed E-state index contributed by atoms with van der Waals surface area (Å²) in [4.78, 5) is 15.0. The van der Waals surface area contributed by atoms with Crippen LogP contribution in [0.1, 0.15) is 31.5 Å². The Balaban J connectivity index is 2.04. The van der Waals surface area contributed by atoms with Gasteiger partial charge >= 0.3 is 0 Å². The first-order valence-corrected chi connectivity index (χ1v) is 6.99. The zero-order chi connectivity index (χ0) is 15.7. The van der Waals surface area contributed by atoms with Gasteiger partial charge in [-0.25, -0.2) is 0 Å². The maximum atomic E-state index is 11.2. The summed E-state index contributed by atoms with van der Waals surface area (Å²) in [6, 6.07) is 4.37. The Morgan fingerprint density at radius 2 is 2.14 bits per heavy atom. The first-order chi connectivity index (χ1) is 10.5. The second-order valence-electron chi connectivity index (χ2n) is 5.43. The maximum absolute atomic E-state index is 11.2. The molecule has 116 valence electrons. The summed E-state index contributed by atoms with van der Waals surface area (Å²) in [5, 5.41) is 15.1. The number of benzene rings is 1. The lowest BCUT2D eigenvalue weighted by atomic mass is 9.98. The van der Waals surface area contributed by atoms with E-state index in [0.29, 0.717) is 11.6 Å². The van der Waals surface area contributed by atoms with E-state index in [2.05, 4.69) is 10.1 Å². The van der Waals surface area contributed by atoms with Gasteiger partial charge in [-0.3, -0.25) is 10.1 Å². The van der Waals surface area contributed by atoms with Gasteiger partial charge in [0.25, 0.3) is 11.6 Å². The Morgan fingerprint density at radius 3 is 2.77 bits per heavy atom. The summed E-state index contributed by atoms with van der Waals surface area (Å²) in [5.41, 5.74) is 5.79. The van der Waals surface area contributed by atoms with Crippen LogP contribution in [0.15, 0.2) is 22.7 Å². The molecule has 1 aliphatic rings. The summed E-state index contributed by atoms with van der Waals surface area (Å²) in [5.74, 6) is 0.957. The molecule has 1 saturated carbocycles. The molecule has 1 aromatic heterocycles. The average Bonchev–Trinajstić information content (AvgIpc) is 3.16. The van der Waals surface area contributed by atoms with Crippen molar-refractivity contribution in [3.63, 3.8) is 0 Å². The molecule has 0 radical (unpaired) electrons. The summed E-state index contributed by atoms with van der Waals surface area (Å²) in [7, 11) is 1.48. The van der Waals surface area contributed by atoms with E-state index in [1.54, 1.807) is 0 Å². The van der Waals surface area contributed by atoms with Crippen LogP contribution in [-0.4, -0.2) is 22.2 Å². The Bertz CT molecular complexity index is 707. The molecule has 22 heavy (non-hydrogen) atoms. The highest BCUT2D eigenvalue weighted by atomic mass is 16.6. The molecule has 2 aromatic rings. The number of rotatable bonds is 4. The number of aromatic nitrogens is 2. The summed E-state index contributed by atoms with van der Waals surface area (Å²) in [6.45, 7) is 0. The quantitative estimate of drug-likeness (QED) is 0.680. The van der Waals surface area contributed by atoms with Gasteiger partial charge in [-0.05, 0) is 25.0 Å². The molecule has 1 fully saturated rings. The molecule has 2 N–H and O–H groups in total. The van der Waals surface area contributed by atoms with Gasteiger partial charge in [-0.15, -0.1) is 0 Å². The number of hydrogen-bond donors (Lipinski definition) is 1. The molecule has 1 aromatic carbocycles. The van der Waals surface area contributed by atoms with Gasteiger partial charge in [-0.1, -0.05) is 18.0 Å². The van der Waals surface area contributed by atoms with Crippen LogP contribution in [-0.2, 0) is 5.54 Å². The predicted octanol–water partition coefficient (Wildman–Crippen LogP) is 2.38. The number of nitro groups is 1. The molecule has 3 rings (SSSR count). The van der Waals surface area contributed by atoms with E-state index in [4.69, 9.17) is 15.0 Å². The van der Waals surface area contributed by atoms with Crippen molar-refractivity contribution >= 4 is 5.69 Å². The van der Waals surface area contributed by atoms with Crippen LogP contribution in [0.2, 0.25) is 0 Å². The van der Waals surface area contributed by atoms with E-state index >= 15 is 0 Å². The SMILES string of the molecule is COc1ccc([N+](=O)[O-])c(-c2nc(C3(N)CCCC3)no2)c1. The topological polar surface area (TPSA) is 117 Å². The molecular weight excluding hydrogens is 288 g/mol.